The smallest absolute Gasteiger partial charge is 0.417 e. The van der Waals surface area contributed by atoms with Crippen molar-refractivity contribution in [2.24, 2.45) is 0 Å². The molecule has 9 heteroatoms. The van der Waals surface area contributed by atoms with E-state index in [4.69, 9.17) is 10.2 Å². The van der Waals surface area contributed by atoms with Crippen molar-refractivity contribution in [2.75, 3.05) is 6.54 Å². The van der Waals surface area contributed by atoms with Gasteiger partial charge in [0.1, 0.15) is 0 Å². The first kappa shape index (κ1) is 17.4. The van der Waals surface area contributed by atoms with Crippen LogP contribution in [-0.4, -0.2) is 34.7 Å². The highest BCUT2D eigenvalue weighted by Gasteiger charge is 2.35. The molecule has 0 radical (unpaired) electrons. The fourth-order valence-corrected chi connectivity index (χ4v) is 1.85. The molecule has 1 aromatic rings. The Morgan fingerprint density at radius 1 is 1.33 bits per heavy atom. The topological polar surface area (TPSA) is 86.6 Å². The van der Waals surface area contributed by atoms with Crippen LogP contribution >= 0.6 is 15.9 Å². The minimum atomic E-state index is -4.70. The summed E-state index contributed by atoms with van der Waals surface area (Å²) < 4.78 is 38.7. The van der Waals surface area contributed by atoms with E-state index in [0.29, 0.717) is 0 Å². The van der Waals surface area contributed by atoms with Gasteiger partial charge in [0.25, 0.3) is 5.91 Å². The number of hydrogen-bond donors (Lipinski definition) is 3. The number of rotatable bonds is 5. The van der Waals surface area contributed by atoms with Gasteiger partial charge >= 0.3 is 12.1 Å². The third-order valence-electron chi connectivity index (χ3n) is 2.52. The maximum absolute atomic E-state index is 12.8. The van der Waals surface area contributed by atoms with Crippen LogP contribution in [0.25, 0.3) is 0 Å². The number of alkyl halides is 3. The number of aliphatic hydroxyl groups excluding tert-OH is 1. The summed E-state index contributed by atoms with van der Waals surface area (Å²) in [5.41, 5.74) is -1.68. The van der Waals surface area contributed by atoms with Crippen molar-refractivity contribution in [1.82, 2.24) is 5.32 Å². The zero-order chi connectivity index (χ0) is 16.2. The van der Waals surface area contributed by atoms with Gasteiger partial charge in [-0.25, -0.2) is 4.79 Å². The number of amides is 1. The summed E-state index contributed by atoms with van der Waals surface area (Å²) in [7, 11) is 0. The van der Waals surface area contributed by atoms with Crippen LogP contribution in [0, 0.1) is 0 Å². The molecular weight excluding hydrogens is 359 g/mol. The minimum absolute atomic E-state index is 0.174. The Kier molecular flexibility index (Phi) is 5.73. The van der Waals surface area contributed by atoms with Crippen LogP contribution in [-0.2, 0) is 11.0 Å². The molecule has 0 aliphatic rings. The fourth-order valence-electron chi connectivity index (χ4n) is 1.49. The van der Waals surface area contributed by atoms with Crippen LogP contribution in [0.3, 0.4) is 0 Å². The van der Waals surface area contributed by atoms with Gasteiger partial charge in [-0.3, -0.25) is 4.79 Å². The Morgan fingerprint density at radius 3 is 2.48 bits per heavy atom. The van der Waals surface area contributed by atoms with Gasteiger partial charge in [-0.1, -0.05) is 15.9 Å². The highest BCUT2D eigenvalue weighted by atomic mass is 79.9. The van der Waals surface area contributed by atoms with Crippen LogP contribution in [0.15, 0.2) is 22.7 Å². The number of carbonyl (C=O) groups excluding carboxylic acids is 1. The monoisotopic (exact) mass is 369 g/mol. The van der Waals surface area contributed by atoms with Crippen molar-refractivity contribution in [3.05, 3.63) is 33.8 Å². The molecule has 21 heavy (non-hydrogen) atoms. The first-order chi connectivity index (χ1) is 9.62. The van der Waals surface area contributed by atoms with E-state index in [0.717, 1.165) is 12.1 Å². The molecular formula is C12H11BrF3NO4. The Balaban J connectivity index is 2.81. The molecule has 3 N–H and O–H groups in total. The summed E-state index contributed by atoms with van der Waals surface area (Å²) >= 11 is 2.90. The SMILES string of the molecule is O=C(NCCC(O)C(=O)O)c1ccc(Br)cc1C(F)(F)F. The molecule has 1 aromatic carbocycles. The van der Waals surface area contributed by atoms with Crippen LogP contribution in [0.4, 0.5) is 13.2 Å². The van der Waals surface area contributed by atoms with Crippen LogP contribution < -0.4 is 5.32 Å². The first-order valence-electron chi connectivity index (χ1n) is 5.68. The zero-order valence-electron chi connectivity index (χ0n) is 10.4. The van der Waals surface area contributed by atoms with Gasteiger partial charge in [0.05, 0.1) is 11.1 Å². The van der Waals surface area contributed by atoms with E-state index in [1.54, 1.807) is 0 Å². The lowest BCUT2D eigenvalue weighted by molar-refractivity contribution is -0.146. The van der Waals surface area contributed by atoms with Crippen molar-refractivity contribution < 1.29 is 33.0 Å². The average Bonchev–Trinajstić information content (AvgIpc) is 2.37. The van der Waals surface area contributed by atoms with E-state index >= 15 is 0 Å². The number of carboxylic acid groups (broad SMARTS) is 1. The lowest BCUT2D eigenvalue weighted by Gasteiger charge is -2.13. The van der Waals surface area contributed by atoms with Crippen LogP contribution in [0.2, 0.25) is 0 Å². The van der Waals surface area contributed by atoms with E-state index in [1.165, 1.54) is 6.07 Å². The van der Waals surface area contributed by atoms with Crippen molar-refractivity contribution in [3.63, 3.8) is 0 Å². The molecule has 5 nitrogen and oxygen atoms in total. The molecule has 0 saturated carbocycles. The molecule has 0 saturated heterocycles. The lowest BCUT2D eigenvalue weighted by Crippen LogP contribution is -2.31. The molecule has 0 heterocycles. The minimum Gasteiger partial charge on any atom is -0.479 e. The normalized spacial score (nSPS) is 12.8. The molecule has 1 rings (SSSR count). The highest BCUT2D eigenvalue weighted by Crippen LogP contribution is 2.33. The first-order valence-corrected chi connectivity index (χ1v) is 6.48. The van der Waals surface area contributed by atoms with Gasteiger partial charge in [0.2, 0.25) is 0 Å². The Labute approximate surface area is 125 Å². The largest absolute Gasteiger partial charge is 0.479 e. The number of aliphatic hydroxyl groups is 1. The van der Waals surface area contributed by atoms with E-state index in [9.17, 15) is 22.8 Å². The number of halogens is 4. The van der Waals surface area contributed by atoms with Crippen molar-refractivity contribution in [2.45, 2.75) is 18.7 Å². The summed E-state index contributed by atoms with van der Waals surface area (Å²) in [5.74, 6) is -2.46. The molecule has 116 valence electrons. The summed E-state index contributed by atoms with van der Waals surface area (Å²) in [6.45, 7) is -0.264. The number of carbonyl (C=O) groups is 2. The second-order valence-electron chi connectivity index (χ2n) is 4.09. The fraction of sp³-hybridized carbons (Fsp3) is 0.333. The standard InChI is InChI=1S/C12H11BrF3NO4/c13-6-1-2-7(8(5-6)12(14,15)16)10(19)17-4-3-9(18)11(20)21/h1-2,5,9,18H,3-4H2,(H,17,19)(H,20,21). The zero-order valence-corrected chi connectivity index (χ0v) is 12.0. The lowest BCUT2D eigenvalue weighted by atomic mass is 10.1. The molecule has 0 aromatic heterocycles. The Morgan fingerprint density at radius 2 is 1.95 bits per heavy atom. The third-order valence-corrected chi connectivity index (χ3v) is 3.01. The highest BCUT2D eigenvalue weighted by molar-refractivity contribution is 9.10. The van der Waals surface area contributed by atoms with Gasteiger partial charge in [-0.2, -0.15) is 13.2 Å². The summed E-state index contributed by atoms with van der Waals surface area (Å²) in [5, 5.41) is 19.6. The van der Waals surface area contributed by atoms with E-state index in [-0.39, 0.29) is 17.4 Å². The van der Waals surface area contributed by atoms with Crippen molar-refractivity contribution in [1.29, 1.82) is 0 Å². The summed E-state index contributed by atoms with van der Waals surface area (Å²) in [6.07, 6.45) is -6.69. The molecule has 0 aliphatic carbocycles. The summed E-state index contributed by atoms with van der Waals surface area (Å²) in [4.78, 5) is 22.1. The second-order valence-corrected chi connectivity index (χ2v) is 5.00. The van der Waals surface area contributed by atoms with Gasteiger partial charge in [0, 0.05) is 17.4 Å². The Hall–Kier alpha value is -1.61. The molecule has 0 bridgehead atoms. The number of nitrogens with one attached hydrogen (secondary N) is 1. The molecule has 0 spiro atoms. The summed E-state index contributed by atoms with van der Waals surface area (Å²) in [6, 6.07) is 3.08. The van der Waals surface area contributed by atoms with Gasteiger partial charge < -0.3 is 15.5 Å². The molecule has 1 unspecified atom stereocenters. The predicted molar refractivity (Wildman–Crippen MR) is 69.7 cm³/mol. The van der Waals surface area contributed by atoms with Crippen LogP contribution in [0.1, 0.15) is 22.3 Å². The van der Waals surface area contributed by atoms with E-state index < -0.39 is 35.3 Å². The molecule has 0 fully saturated rings. The molecule has 1 atom stereocenters. The quantitative estimate of drug-likeness (QED) is 0.741. The average molecular weight is 370 g/mol. The molecule has 1 amide bonds. The maximum atomic E-state index is 12.8. The van der Waals surface area contributed by atoms with Gasteiger partial charge in [-0.05, 0) is 18.2 Å². The number of hydrogen-bond acceptors (Lipinski definition) is 3. The number of aliphatic carboxylic acids is 1. The van der Waals surface area contributed by atoms with Crippen molar-refractivity contribution in [3.8, 4) is 0 Å². The van der Waals surface area contributed by atoms with Crippen molar-refractivity contribution >= 4 is 27.8 Å². The van der Waals surface area contributed by atoms with E-state index in [1.807, 2.05) is 0 Å². The molecule has 0 aliphatic heterocycles. The third kappa shape index (κ3) is 5.01. The predicted octanol–water partition coefficient (Wildman–Crippen LogP) is 2.03. The number of benzene rings is 1. The Bertz CT molecular complexity index is 548. The number of carboxylic acids is 1. The second kappa shape index (κ2) is 6.90. The maximum Gasteiger partial charge on any atom is 0.417 e. The van der Waals surface area contributed by atoms with Gasteiger partial charge in [0.15, 0.2) is 6.10 Å². The van der Waals surface area contributed by atoms with Gasteiger partial charge in [-0.15, -0.1) is 0 Å². The van der Waals surface area contributed by atoms with E-state index in [2.05, 4.69) is 21.2 Å². The van der Waals surface area contributed by atoms with Crippen LogP contribution in [0.5, 0.6) is 0 Å².